The van der Waals surface area contributed by atoms with Gasteiger partial charge in [-0.3, -0.25) is 0 Å². The quantitative estimate of drug-likeness (QED) is 0.368. The monoisotopic (exact) mass is 482 g/mol. The fourth-order valence-corrected chi connectivity index (χ4v) is 3.48. The molecule has 0 nitrogen and oxygen atoms in total. The summed E-state index contributed by atoms with van der Waals surface area (Å²) in [4.78, 5) is 0. The molecule has 0 bridgehead atoms. The van der Waals surface area contributed by atoms with Crippen molar-refractivity contribution >= 4 is 11.1 Å². The fraction of sp³-hybridized carbons (Fsp3) is 0.529. The molecule has 0 aliphatic carbocycles. The molecule has 0 aromatic heterocycles. The van der Waals surface area contributed by atoms with Crippen molar-refractivity contribution in [3.05, 3.63) is 71.1 Å². The van der Waals surface area contributed by atoms with Gasteiger partial charge in [-0.25, -0.2) is 4.39 Å². The molecule has 0 radical (unpaired) electrons. The number of allylic oxidation sites excluding steroid dienone is 2. The Morgan fingerprint density at radius 3 is 1.46 bits per heavy atom. The lowest BCUT2D eigenvalue weighted by Gasteiger charge is -2.20. The Balaban J connectivity index is 0. The molecule has 0 saturated carbocycles. The summed E-state index contributed by atoms with van der Waals surface area (Å²) < 4.78 is 15.2. The molecule has 0 unspecified atom stereocenters. The molecule has 0 N–H and O–H groups in total. The van der Waals surface area contributed by atoms with Crippen LogP contribution in [0, 0.1) is 25.6 Å². The maximum Gasteiger partial charge on any atom is 0.138 e. The summed E-state index contributed by atoms with van der Waals surface area (Å²) in [6, 6.07) is 7.95. The largest absolute Gasteiger partial charge is 0.206 e. The van der Waals surface area contributed by atoms with E-state index in [2.05, 4.69) is 66.8 Å². The lowest BCUT2D eigenvalue weighted by atomic mass is 9.85. The zero-order chi connectivity index (χ0) is 27.7. The number of hydrogen-bond donors (Lipinski definition) is 0. The molecule has 0 amide bonds. The van der Waals surface area contributed by atoms with Gasteiger partial charge >= 0.3 is 0 Å². The minimum atomic E-state index is -0.172. The average Bonchev–Trinajstić information content (AvgIpc) is 2.85. The average molecular weight is 483 g/mol. The van der Waals surface area contributed by atoms with Crippen LogP contribution in [0.15, 0.2) is 37.4 Å². The summed E-state index contributed by atoms with van der Waals surface area (Å²) in [5.41, 5.74) is 8.37. The van der Waals surface area contributed by atoms with Gasteiger partial charge in [0.25, 0.3) is 0 Å². The topological polar surface area (TPSA) is 0 Å². The predicted octanol–water partition coefficient (Wildman–Crippen LogP) is 12.0. The summed E-state index contributed by atoms with van der Waals surface area (Å²) in [5, 5.41) is 0. The Hall–Kier alpha value is -2.15. The highest BCUT2D eigenvalue weighted by atomic mass is 19.1. The van der Waals surface area contributed by atoms with E-state index in [-0.39, 0.29) is 5.82 Å². The van der Waals surface area contributed by atoms with E-state index >= 15 is 4.39 Å². The Morgan fingerprint density at radius 2 is 1.14 bits per heavy atom. The van der Waals surface area contributed by atoms with Crippen molar-refractivity contribution in [2.75, 3.05) is 0 Å². The minimum Gasteiger partial charge on any atom is -0.206 e. The third-order valence-corrected chi connectivity index (χ3v) is 6.29. The zero-order valence-corrected chi connectivity index (χ0v) is 25.2. The van der Waals surface area contributed by atoms with Gasteiger partial charge in [0.15, 0.2) is 0 Å². The third kappa shape index (κ3) is 11.0. The number of hydrogen-bond acceptors (Lipinski definition) is 0. The molecular weight excluding hydrogens is 427 g/mol. The SMILES string of the molecule is C=C(C)c1ccc(C)c(-c2c(C)ccc(C(=C)C)c2CC)c1F.CC.CCC(C)CC.CCCC. The van der Waals surface area contributed by atoms with E-state index < -0.39 is 0 Å². The van der Waals surface area contributed by atoms with E-state index in [0.29, 0.717) is 11.1 Å². The first-order valence-corrected chi connectivity index (χ1v) is 13.8. The first-order chi connectivity index (χ1) is 16.5. The highest BCUT2D eigenvalue weighted by molar-refractivity contribution is 5.82. The molecule has 0 aliphatic rings. The second-order valence-electron chi connectivity index (χ2n) is 9.24. The van der Waals surface area contributed by atoms with Crippen molar-refractivity contribution in [2.45, 2.75) is 115 Å². The summed E-state index contributed by atoms with van der Waals surface area (Å²) in [6.07, 6.45) is 6.14. The normalized spacial score (nSPS) is 9.77. The van der Waals surface area contributed by atoms with Gasteiger partial charge in [0.05, 0.1) is 0 Å². The molecule has 0 heterocycles. The van der Waals surface area contributed by atoms with Crippen LogP contribution < -0.4 is 0 Å². The number of unbranched alkanes of at least 4 members (excludes halogenated alkanes) is 1. The molecule has 2 rings (SSSR count). The number of rotatable bonds is 7. The highest BCUT2D eigenvalue weighted by Gasteiger charge is 2.19. The van der Waals surface area contributed by atoms with Gasteiger partial charge in [0.2, 0.25) is 0 Å². The van der Waals surface area contributed by atoms with Crippen molar-refractivity contribution in [2.24, 2.45) is 5.92 Å². The van der Waals surface area contributed by atoms with Gasteiger partial charge in [-0.15, -0.1) is 0 Å². The molecule has 0 fully saturated rings. The lowest BCUT2D eigenvalue weighted by Crippen LogP contribution is -2.02. The smallest absolute Gasteiger partial charge is 0.138 e. The zero-order valence-electron chi connectivity index (χ0n) is 25.2. The third-order valence-electron chi connectivity index (χ3n) is 6.29. The van der Waals surface area contributed by atoms with Crippen molar-refractivity contribution in [1.82, 2.24) is 0 Å². The standard InChI is InChI=1S/C22H25F.C6H14.C4H10.C2H6/c1-8-17-18(13(2)3)11-9-15(6)20(17)21-16(7)10-12-19(14(4)5)22(21)23;1-4-6(3)5-2;1-3-4-2;1-2/h9-12H,2,4,8H2,1,3,5-7H3;6H,4-5H2,1-3H3;3-4H2,1-2H3;1-2H3. The van der Waals surface area contributed by atoms with Crippen LogP contribution >= 0.6 is 0 Å². The summed E-state index contributed by atoms with van der Waals surface area (Å²) in [7, 11) is 0. The Kier molecular flexibility index (Phi) is 19.1. The predicted molar refractivity (Wildman–Crippen MR) is 162 cm³/mol. The van der Waals surface area contributed by atoms with Gasteiger partial charge < -0.3 is 0 Å². The van der Waals surface area contributed by atoms with Crippen molar-refractivity contribution in [3.63, 3.8) is 0 Å². The number of aryl methyl sites for hydroxylation is 2. The van der Waals surface area contributed by atoms with Gasteiger partial charge in [-0.1, -0.05) is 124 Å². The van der Waals surface area contributed by atoms with E-state index in [9.17, 15) is 0 Å². The molecule has 198 valence electrons. The molecule has 0 spiro atoms. The molecular formula is C34H55F. The summed E-state index contributed by atoms with van der Waals surface area (Å²) >= 11 is 0. The molecule has 0 aliphatic heterocycles. The van der Waals surface area contributed by atoms with Crippen LogP contribution in [0.3, 0.4) is 0 Å². The van der Waals surface area contributed by atoms with Crippen LogP contribution in [-0.4, -0.2) is 0 Å². The second-order valence-corrected chi connectivity index (χ2v) is 9.24. The fourth-order valence-electron chi connectivity index (χ4n) is 3.48. The van der Waals surface area contributed by atoms with E-state index in [0.717, 1.165) is 45.7 Å². The van der Waals surface area contributed by atoms with Gasteiger partial charge in [-0.05, 0) is 73.4 Å². The molecule has 2 aromatic carbocycles. The Labute approximate surface area is 218 Å². The van der Waals surface area contributed by atoms with E-state index in [4.69, 9.17) is 0 Å². The molecule has 2 aromatic rings. The summed E-state index contributed by atoms with van der Waals surface area (Å²) in [5.74, 6) is 0.763. The van der Waals surface area contributed by atoms with Crippen LogP contribution in [0.4, 0.5) is 4.39 Å². The molecule has 0 atom stereocenters. The van der Waals surface area contributed by atoms with Gasteiger partial charge in [-0.2, -0.15) is 0 Å². The van der Waals surface area contributed by atoms with E-state index in [1.807, 2.05) is 53.7 Å². The van der Waals surface area contributed by atoms with Crippen LogP contribution in [-0.2, 0) is 6.42 Å². The van der Waals surface area contributed by atoms with Crippen LogP contribution in [0.5, 0.6) is 0 Å². The van der Waals surface area contributed by atoms with Crippen LogP contribution in [0.25, 0.3) is 22.3 Å². The maximum atomic E-state index is 15.2. The van der Waals surface area contributed by atoms with Crippen molar-refractivity contribution < 1.29 is 4.39 Å². The Bertz CT molecular complexity index is 895. The van der Waals surface area contributed by atoms with Crippen LogP contribution in [0.2, 0.25) is 0 Å². The lowest BCUT2D eigenvalue weighted by molar-refractivity contribution is 0.544. The first kappa shape index (κ1) is 35.0. The minimum absolute atomic E-state index is 0.172. The van der Waals surface area contributed by atoms with Crippen LogP contribution in [0.1, 0.15) is 123 Å². The van der Waals surface area contributed by atoms with Gasteiger partial charge in [0.1, 0.15) is 5.82 Å². The molecule has 0 saturated heterocycles. The summed E-state index contributed by atoms with van der Waals surface area (Å²) in [6.45, 7) is 33.1. The number of halogens is 1. The second kappa shape index (κ2) is 19.1. The van der Waals surface area contributed by atoms with E-state index in [1.165, 1.54) is 31.2 Å². The van der Waals surface area contributed by atoms with E-state index in [1.54, 1.807) is 0 Å². The molecule has 35 heavy (non-hydrogen) atoms. The Morgan fingerprint density at radius 1 is 0.743 bits per heavy atom. The van der Waals surface area contributed by atoms with Gasteiger partial charge in [0, 0.05) is 11.1 Å². The first-order valence-electron chi connectivity index (χ1n) is 13.8. The van der Waals surface area contributed by atoms with Crippen molar-refractivity contribution in [3.8, 4) is 11.1 Å². The molecule has 1 heteroatoms. The maximum absolute atomic E-state index is 15.2. The van der Waals surface area contributed by atoms with Crippen molar-refractivity contribution in [1.29, 1.82) is 0 Å². The number of benzene rings is 2. The highest BCUT2D eigenvalue weighted by Crippen LogP contribution is 2.38.